The van der Waals surface area contributed by atoms with Crippen molar-refractivity contribution in [2.24, 2.45) is 5.92 Å². The highest BCUT2D eigenvalue weighted by molar-refractivity contribution is 9.10. The Morgan fingerprint density at radius 2 is 1.55 bits per heavy atom. The minimum Gasteiger partial charge on any atom is -0.494 e. The van der Waals surface area contributed by atoms with Crippen LogP contribution >= 0.6 is 23.1 Å². The van der Waals surface area contributed by atoms with Crippen LogP contribution in [0.3, 0.4) is 0 Å². The number of amides is 2. The van der Waals surface area contributed by atoms with Crippen LogP contribution < -0.4 is 35.8 Å². The summed E-state index contributed by atoms with van der Waals surface area (Å²) < 4.78 is 50.7. The molecule has 4 saturated heterocycles. The number of anilines is 6. The molecule has 14 nitrogen and oxygen atoms in total. The Morgan fingerprint density at radius 1 is 0.841 bits per heavy atom. The molecular formula is C51H62BrF2N10O4P. The van der Waals surface area contributed by atoms with Crippen LogP contribution in [0.15, 0.2) is 59.2 Å². The first-order chi connectivity index (χ1) is 33.1. The third-order valence-electron chi connectivity index (χ3n) is 14.5. The quantitative estimate of drug-likeness (QED) is 0.0763. The number of fused-ring (bicyclic) bond motifs is 1. The molecular weight excluding hydrogens is 966 g/mol. The molecule has 2 aromatic heterocycles. The predicted octanol–water partition coefficient (Wildman–Crippen LogP) is 8.84. The third kappa shape index (κ3) is 10.9. The second-order valence-corrected chi connectivity index (χ2v) is 23.5. The van der Waals surface area contributed by atoms with Crippen molar-refractivity contribution in [2.75, 3.05) is 99.8 Å². The first-order valence-corrected chi connectivity index (χ1v) is 27.5. The van der Waals surface area contributed by atoms with E-state index in [4.69, 9.17) is 9.72 Å². The minimum atomic E-state index is -2.73. The van der Waals surface area contributed by atoms with Gasteiger partial charge in [0.25, 0.3) is 0 Å². The van der Waals surface area contributed by atoms with E-state index >= 15 is 8.78 Å². The smallest absolute Gasteiger partial charge is 0.234 e. The molecule has 4 fully saturated rings. The number of nitrogens with zero attached hydrogens (tertiary/aromatic N) is 7. The summed E-state index contributed by atoms with van der Waals surface area (Å²) >= 11 is 3.61. The summed E-state index contributed by atoms with van der Waals surface area (Å²) in [4.78, 5) is 47.7. The average Bonchev–Trinajstić information content (AvgIpc) is 3.32. The van der Waals surface area contributed by atoms with Crippen LogP contribution in [0.5, 0.6) is 5.75 Å². The van der Waals surface area contributed by atoms with Crippen LogP contribution in [0.25, 0.3) is 10.9 Å². The number of carbonyl (C=O) groups excluding carboxylic acids is 2. The van der Waals surface area contributed by atoms with Crippen LogP contribution in [0.2, 0.25) is 0 Å². The number of piperidine rings is 3. The number of rotatable bonds is 13. The maximum Gasteiger partial charge on any atom is 0.234 e. The molecule has 1 atom stereocenters. The van der Waals surface area contributed by atoms with Gasteiger partial charge in [-0.3, -0.25) is 24.8 Å². The molecule has 0 bridgehead atoms. The molecule has 3 aromatic carbocycles. The summed E-state index contributed by atoms with van der Waals surface area (Å²) in [6.07, 6.45) is 7.11. The molecule has 3 N–H and O–H groups in total. The number of carbonyl (C=O) groups is 2. The number of aromatic nitrogens is 3. The molecule has 5 aromatic rings. The van der Waals surface area contributed by atoms with Gasteiger partial charge in [-0.05, 0) is 136 Å². The molecule has 4 aliphatic heterocycles. The third-order valence-corrected chi connectivity index (χ3v) is 16.6. The molecule has 0 aliphatic carbocycles. The van der Waals surface area contributed by atoms with E-state index in [1.54, 1.807) is 26.6 Å². The van der Waals surface area contributed by atoms with E-state index in [0.717, 1.165) is 130 Å². The number of piperazine rings is 1. The molecule has 366 valence electrons. The molecule has 4 aliphatic rings. The minimum absolute atomic E-state index is 0.0710. The number of hydrogen-bond donors (Lipinski definition) is 3. The topological polar surface area (TPSA) is 148 Å². The Balaban J connectivity index is 0.742. The molecule has 2 amide bonds. The number of aryl methyl sites for hydroxylation is 2. The number of imide groups is 1. The van der Waals surface area contributed by atoms with Crippen molar-refractivity contribution < 1.29 is 27.7 Å². The highest BCUT2D eigenvalue weighted by Crippen LogP contribution is 2.43. The van der Waals surface area contributed by atoms with Gasteiger partial charge < -0.3 is 34.6 Å². The van der Waals surface area contributed by atoms with Crippen LogP contribution in [0.1, 0.15) is 67.7 Å². The van der Waals surface area contributed by atoms with Gasteiger partial charge in [0.2, 0.25) is 17.8 Å². The number of benzene rings is 3. The lowest BCUT2D eigenvalue weighted by atomic mass is 9.89. The van der Waals surface area contributed by atoms with Crippen LogP contribution in [0.4, 0.5) is 43.3 Å². The molecule has 69 heavy (non-hydrogen) atoms. The van der Waals surface area contributed by atoms with Crippen molar-refractivity contribution in [3.05, 3.63) is 87.7 Å². The molecule has 9 rings (SSSR count). The number of ether oxygens (including phenoxy) is 1. The van der Waals surface area contributed by atoms with Gasteiger partial charge in [-0.15, -0.1) is 0 Å². The fourth-order valence-electron chi connectivity index (χ4n) is 10.7. The number of methoxy groups -OCH3 is 1. The van der Waals surface area contributed by atoms with Crippen molar-refractivity contribution in [2.45, 2.75) is 70.8 Å². The maximum atomic E-state index is 15.2. The van der Waals surface area contributed by atoms with Crippen molar-refractivity contribution >= 4 is 85.6 Å². The summed E-state index contributed by atoms with van der Waals surface area (Å²) in [5.74, 6) is -1.32. The van der Waals surface area contributed by atoms with Gasteiger partial charge in [-0.1, -0.05) is 6.07 Å². The zero-order chi connectivity index (χ0) is 48.6. The Bertz CT molecular complexity index is 2770. The number of pyridine rings is 1. The molecule has 6 heterocycles. The lowest BCUT2D eigenvalue weighted by molar-refractivity contribution is -0.134. The van der Waals surface area contributed by atoms with Gasteiger partial charge in [0, 0.05) is 110 Å². The standard InChI is InChI=1S/C51H62BrF2N10O4P/c1-31-26-43(58-51-55-30-38(52)49(60-51)57-42-10-9-41-36(7-6-32(2)56-41)48(42)69(4,5)67)45(68-3)29-44(31)64-20-15-34(16-21-64)63-24-22-61(23-25-63)17-12-33-13-18-62(19-14-33)35-27-39(53)47(40(54)28-35)37-8-11-46(65)59-50(37)66/h6-7,9-10,26-30,33-34,37H,8,11-25H2,1-5H3,(H,59,65,66)(H2,55,57,58,60). The largest absolute Gasteiger partial charge is 0.494 e. The predicted molar refractivity (Wildman–Crippen MR) is 274 cm³/mol. The summed E-state index contributed by atoms with van der Waals surface area (Å²) in [5, 5.41) is 10.6. The molecule has 18 heteroatoms. The van der Waals surface area contributed by atoms with Gasteiger partial charge in [0.05, 0.1) is 34.4 Å². The normalized spacial score (nSPS) is 19.3. The number of nitrogens with one attached hydrogen (secondary N) is 3. The Hall–Kier alpha value is -5.22. The first-order valence-electron chi connectivity index (χ1n) is 24.1. The fourth-order valence-corrected chi connectivity index (χ4v) is 12.5. The second kappa shape index (κ2) is 20.6. The SMILES string of the molecule is COc1cc(N2CCC(N3CCN(CCC4CCN(c5cc(F)c(C6CCC(=O)NC6=O)c(F)c5)CC4)CC3)CC2)c(C)cc1Nc1ncc(Br)c(Nc2ccc3nc(C)ccc3c2P(C)(C)=O)n1. The summed E-state index contributed by atoms with van der Waals surface area (Å²) in [6, 6.07) is 15.2. The van der Waals surface area contributed by atoms with Crippen molar-refractivity contribution in [3.8, 4) is 5.75 Å². The summed E-state index contributed by atoms with van der Waals surface area (Å²) in [7, 11) is -1.05. The Labute approximate surface area is 411 Å². The zero-order valence-electron chi connectivity index (χ0n) is 40.1. The zero-order valence-corrected chi connectivity index (χ0v) is 42.6. The van der Waals surface area contributed by atoms with E-state index < -0.39 is 36.5 Å². The van der Waals surface area contributed by atoms with Crippen LogP contribution in [-0.2, 0) is 14.2 Å². The monoisotopic (exact) mass is 1030 g/mol. The molecule has 0 spiro atoms. The van der Waals surface area contributed by atoms with E-state index in [1.165, 1.54) is 12.1 Å². The van der Waals surface area contributed by atoms with Crippen LogP contribution in [-0.4, -0.2) is 122 Å². The van der Waals surface area contributed by atoms with Gasteiger partial charge in [0.1, 0.15) is 30.3 Å². The van der Waals surface area contributed by atoms with Gasteiger partial charge in [-0.2, -0.15) is 4.98 Å². The van der Waals surface area contributed by atoms with E-state index in [9.17, 15) is 14.2 Å². The summed E-state index contributed by atoms with van der Waals surface area (Å²) in [5.41, 5.74) is 5.70. The lowest BCUT2D eigenvalue weighted by Crippen LogP contribution is -2.53. The average molecular weight is 1030 g/mol. The van der Waals surface area contributed by atoms with Crippen molar-refractivity contribution in [1.29, 1.82) is 0 Å². The maximum absolute atomic E-state index is 15.2. The molecule has 1 unspecified atom stereocenters. The molecule has 0 saturated carbocycles. The van der Waals surface area contributed by atoms with E-state index in [1.807, 2.05) is 36.1 Å². The Morgan fingerprint density at radius 3 is 2.23 bits per heavy atom. The van der Waals surface area contributed by atoms with E-state index in [0.29, 0.717) is 45.3 Å². The first kappa shape index (κ1) is 48.8. The van der Waals surface area contributed by atoms with Gasteiger partial charge in [0.15, 0.2) is 0 Å². The number of halogens is 3. The van der Waals surface area contributed by atoms with Crippen LogP contribution in [0, 0.1) is 31.4 Å². The van der Waals surface area contributed by atoms with E-state index in [2.05, 4.69) is 75.6 Å². The summed E-state index contributed by atoms with van der Waals surface area (Å²) in [6.45, 7) is 16.3. The molecule has 0 radical (unpaired) electrons. The number of hydrogen-bond acceptors (Lipinski definition) is 13. The van der Waals surface area contributed by atoms with Crippen molar-refractivity contribution in [3.63, 3.8) is 0 Å². The Kier molecular flexibility index (Phi) is 14.6. The van der Waals surface area contributed by atoms with Gasteiger partial charge >= 0.3 is 0 Å². The fraction of sp³-hybridized carbons (Fsp3) is 0.471. The van der Waals surface area contributed by atoms with E-state index in [-0.39, 0.29) is 18.4 Å². The highest BCUT2D eigenvalue weighted by Gasteiger charge is 2.34. The lowest BCUT2D eigenvalue weighted by Gasteiger charge is -2.44. The highest BCUT2D eigenvalue weighted by atomic mass is 79.9. The second-order valence-electron chi connectivity index (χ2n) is 19.5. The van der Waals surface area contributed by atoms with Crippen molar-refractivity contribution in [1.82, 2.24) is 30.1 Å². The van der Waals surface area contributed by atoms with Gasteiger partial charge in [-0.25, -0.2) is 13.8 Å².